The molecular formula is C16H20N2O. The molecule has 1 unspecified atom stereocenters. The Labute approximate surface area is 114 Å². The van der Waals surface area contributed by atoms with Crippen molar-refractivity contribution in [1.82, 2.24) is 4.98 Å². The van der Waals surface area contributed by atoms with Crippen molar-refractivity contribution in [1.29, 1.82) is 0 Å². The van der Waals surface area contributed by atoms with Gasteiger partial charge in [0.25, 0.3) is 0 Å². The normalized spacial score (nSPS) is 12.2. The Hall–Kier alpha value is -1.87. The zero-order valence-electron chi connectivity index (χ0n) is 11.7. The summed E-state index contributed by atoms with van der Waals surface area (Å²) in [6.45, 7) is 4.10. The molecule has 1 aromatic heterocycles. The molecule has 3 heteroatoms. The van der Waals surface area contributed by atoms with Crippen LogP contribution in [0.1, 0.15) is 28.4 Å². The van der Waals surface area contributed by atoms with E-state index in [1.54, 1.807) is 13.3 Å². The lowest BCUT2D eigenvalue weighted by atomic mass is 9.95. The van der Waals surface area contributed by atoms with Crippen LogP contribution in [0.5, 0.6) is 5.75 Å². The van der Waals surface area contributed by atoms with Crippen molar-refractivity contribution in [2.45, 2.75) is 26.3 Å². The molecule has 0 radical (unpaired) electrons. The highest BCUT2D eigenvalue weighted by atomic mass is 16.5. The minimum Gasteiger partial charge on any atom is -0.496 e. The van der Waals surface area contributed by atoms with E-state index in [0.29, 0.717) is 0 Å². The highest BCUT2D eigenvalue weighted by Gasteiger charge is 2.13. The minimum atomic E-state index is -0.0421. The van der Waals surface area contributed by atoms with E-state index in [1.165, 1.54) is 0 Å². The fourth-order valence-corrected chi connectivity index (χ4v) is 2.29. The molecule has 0 amide bonds. The summed E-state index contributed by atoms with van der Waals surface area (Å²) >= 11 is 0. The van der Waals surface area contributed by atoms with Gasteiger partial charge in [-0.25, -0.2) is 0 Å². The Morgan fingerprint density at radius 3 is 2.63 bits per heavy atom. The summed E-state index contributed by atoms with van der Waals surface area (Å²) in [5.41, 5.74) is 10.7. The van der Waals surface area contributed by atoms with Crippen molar-refractivity contribution in [3.63, 3.8) is 0 Å². The van der Waals surface area contributed by atoms with Crippen molar-refractivity contribution in [3.05, 3.63) is 58.9 Å². The number of aromatic nitrogens is 1. The highest BCUT2D eigenvalue weighted by Crippen LogP contribution is 2.26. The molecule has 1 aromatic carbocycles. The maximum Gasteiger partial charge on any atom is 0.122 e. The van der Waals surface area contributed by atoms with Crippen molar-refractivity contribution in [2.75, 3.05) is 7.11 Å². The van der Waals surface area contributed by atoms with E-state index >= 15 is 0 Å². The fraction of sp³-hybridized carbons (Fsp3) is 0.312. The molecule has 0 saturated carbocycles. The topological polar surface area (TPSA) is 48.1 Å². The first kappa shape index (κ1) is 13.6. The zero-order valence-corrected chi connectivity index (χ0v) is 11.7. The van der Waals surface area contributed by atoms with Gasteiger partial charge >= 0.3 is 0 Å². The van der Waals surface area contributed by atoms with Gasteiger partial charge in [0, 0.05) is 24.4 Å². The summed E-state index contributed by atoms with van der Waals surface area (Å²) in [5, 5.41) is 0. The van der Waals surface area contributed by atoms with Crippen LogP contribution in [0.2, 0.25) is 0 Å². The van der Waals surface area contributed by atoms with Crippen LogP contribution in [-0.2, 0) is 6.42 Å². The highest BCUT2D eigenvalue weighted by molar-refractivity contribution is 5.43. The standard InChI is InChI=1S/C16H20N2O/c1-11-9-16(19-3)12(2)8-14(11)15(17)10-13-6-4-5-7-18-13/h4-9,15H,10,17H2,1-3H3. The maximum absolute atomic E-state index is 6.31. The summed E-state index contributed by atoms with van der Waals surface area (Å²) in [5.74, 6) is 0.909. The first-order valence-electron chi connectivity index (χ1n) is 6.42. The van der Waals surface area contributed by atoms with Crippen LogP contribution < -0.4 is 10.5 Å². The van der Waals surface area contributed by atoms with Crippen LogP contribution in [-0.4, -0.2) is 12.1 Å². The summed E-state index contributed by atoms with van der Waals surface area (Å²) in [4.78, 5) is 4.33. The largest absolute Gasteiger partial charge is 0.496 e. The van der Waals surface area contributed by atoms with Gasteiger partial charge in [0.2, 0.25) is 0 Å². The molecule has 1 atom stereocenters. The van der Waals surface area contributed by atoms with E-state index in [2.05, 4.69) is 18.0 Å². The molecule has 0 spiro atoms. The van der Waals surface area contributed by atoms with E-state index in [0.717, 1.165) is 34.6 Å². The second-order valence-corrected chi connectivity index (χ2v) is 4.81. The number of rotatable bonds is 4. The number of benzene rings is 1. The van der Waals surface area contributed by atoms with Gasteiger partial charge in [0.1, 0.15) is 5.75 Å². The first-order valence-corrected chi connectivity index (χ1v) is 6.42. The predicted molar refractivity (Wildman–Crippen MR) is 77.3 cm³/mol. The molecule has 2 N–H and O–H groups in total. The van der Waals surface area contributed by atoms with Gasteiger partial charge in [-0.15, -0.1) is 0 Å². The van der Waals surface area contributed by atoms with E-state index in [1.807, 2.05) is 31.2 Å². The van der Waals surface area contributed by atoms with Crippen molar-refractivity contribution in [3.8, 4) is 5.75 Å². The van der Waals surface area contributed by atoms with Crippen molar-refractivity contribution >= 4 is 0 Å². The lowest BCUT2D eigenvalue weighted by Crippen LogP contribution is -2.15. The van der Waals surface area contributed by atoms with Gasteiger partial charge < -0.3 is 10.5 Å². The predicted octanol–water partition coefficient (Wildman–Crippen LogP) is 2.95. The van der Waals surface area contributed by atoms with Gasteiger partial charge in [-0.1, -0.05) is 12.1 Å². The van der Waals surface area contributed by atoms with Crippen molar-refractivity contribution in [2.24, 2.45) is 5.73 Å². The van der Waals surface area contributed by atoms with E-state index < -0.39 is 0 Å². The lowest BCUT2D eigenvalue weighted by molar-refractivity contribution is 0.411. The third-order valence-corrected chi connectivity index (χ3v) is 3.34. The Bertz CT molecular complexity index is 552. The molecule has 0 bridgehead atoms. The lowest BCUT2D eigenvalue weighted by Gasteiger charge is -2.17. The fourth-order valence-electron chi connectivity index (χ4n) is 2.29. The molecule has 19 heavy (non-hydrogen) atoms. The van der Waals surface area contributed by atoms with Gasteiger partial charge in [-0.05, 0) is 48.7 Å². The van der Waals surface area contributed by atoms with Gasteiger partial charge in [-0.3, -0.25) is 4.98 Å². The first-order chi connectivity index (χ1) is 9.11. The Kier molecular flexibility index (Phi) is 4.17. The molecule has 0 saturated heterocycles. The molecule has 0 fully saturated rings. The van der Waals surface area contributed by atoms with Crippen LogP contribution in [0.25, 0.3) is 0 Å². The van der Waals surface area contributed by atoms with E-state index in [-0.39, 0.29) is 6.04 Å². The number of nitrogens with zero attached hydrogens (tertiary/aromatic N) is 1. The Balaban J connectivity index is 2.24. The molecule has 1 heterocycles. The zero-order chi connectivity index (χ0) is 13.8. The molecule has 0 aliphatic rings. The van der Waals surface area contributed by atoms with Crippen LogP contribution in [0, 0.1) is 13.8 Å². The van der Waals surface area contributed by atoms with Crippen LogP contribution in [0.3, 0.4) is 0 Å². The number of ether oxygens (including phenoxy) is 1. The maximum atomic E-state index is 6.31. The molecule has 2 aromatic rings. The Morgan fingerprint density at radius 2 is 2.00 bits per heavy atom. The average Bonchev–Trinajstić information content (AvgIpc) is 2.42. The Morgan fingerprint density at radius 1 is 1.21 bits per heavy atom. The number of nitrogens with two attached hydrogens (primary N) is 1. The number of methoxy groups -OCH3 is 1. The molecule has 3 nitrogen and oxygen atoms in total. The number of aryl methyl sites for hydroxylation is 2. The summed E-state index contributed by atoms with van der Waals surface area (Å²) in [6, 6.07) is 10.0. The summed E-state index contributed by atoms with van der Waals surface area (Å²) in [6.07, 6.45) is 2.54. The third kappa shape index (κ3) is 3.12. The monoisotopic (exact) mass is 256 g/mol. The van der Waals surface area contributed by atoms with Gasteiger partial charge in [-0.2, -0.15) is 0 Å². The quantitative estimate of drug-likeness (QED) is 0.915. The number of hydrogen-bond donors (Lipinski definition) is 1. The molecule has 0 aliphatic carbocycles. The second kappa shape index (κ2) is 5.85. The van der Waals surface area contributed by atoms with Gasteiger partial charge in [0.15, 0.2) is 0 Å². The van der Waals surface area contributed by atoms with Gasteiger partial charge in [0.05, 0.1) is 7.11 Å². The third-order valence-electron chi connectivity index (χ3n) is 3.34. The number of pyridine rings is 1. The average molecular weight is 256 g/mol. The molecule has 2 rings (SSSR count). The summed E-state index contributed by atoms with van der Waals surface area (Å²) < 4.78 is 5.33. The number of hydrogen-bond acceptors (Lipinski definition) is 3. The van der Waals surface area contributed by atoms with E-state index in [4.69, 9.17) is 10.5 Å². The van der Waals surface area contributed by atoms with Crippen LogP contribution >= 0.6 is 0 Å². The minimum absolute atomic E-state index is 0.0421. The summed E-state index contributed by atoms with van der Waals surface area (Å²) in [7, 11) is 1.69. The smallest absolute Gasteiger partial charge is 0.122 e. The molecule has 100 valence electrons. The second-order valence-electron chi connectivity index (χ2n) is 4.81. The van der Waals surface area contributed by atoms with E-state index in [9.17, 15) is 0 Å². The SMILES string of the molecule is COc1cc(C)c(C(N)Cc2ccccn2)cc1C. The molecule has 0 aliphatic heterocycles. The van der Waals surface area contributed by atoms with Crippen LogP contribution in [0.4, 0.5) is 0 Å². The molecular weight excluding hydrogens is 236 g/mol. The van der Waals surface area contributed by atoms with Crippen LogP contribution in [0.15, 0.2) is 36.5 Å². The van der Waals surface area contributed by atoms with Crippen molar-refractivity contribution < 1.29 is 4.74 Å².